The second kappa shape index (κ2) is 6.21. The fraction of sp³-hybridized carbons (Fsp3) is 0.381. The van der Waals surface area contributed by atoms with Crippen molar-refractivity contribution in [1.82, 2.24) is 9.13 Å². The summed E-state index contributed by atoms with van der Waals surface area (Å²) in [5.41, 5.74) is 1.54. The van der Waals surface area contributed by atoms with Gasteiger partial charge in [-0.15, -0.1) is 0 Å². The third-order valence-electron chi connectivity index (χ3n) is 5.65. The van der Waals surface area contributed by atoms with Gasteiger partial charge in [-0.25, -0.2) is 4.79 Å². The van der Waals surface area contributed by atoms with Crippen molar-refractivity contribution < 1.29 is 4.79 Å². The first-order valence-electron chi connectivity index (χ1n) is 9.19. The highest BCUT2D eigenvalue weighted by Crippen LogP contribution is 2.47. The lowest BCUT2D eigenvalue weighted by Crippen LogP contribution is -2.45. The maximum absolute atomic E-state index is 13.2. The number of Topliss-reactive ketones (excluding diaryl/α,β-unsaturated/α-hetero) is 1. The predicted octanol–water partition coefficient (Wildman–Crippen LogP) is 2.94. The molecule has 1 aliphatic carbocycles. The fourth-order valence-electron chi connectivity index (χ4n) is 4.37. The van der Waals surface area contributed by atoms with Gasteiger partial charge in [-0.3, -0.25) is 18.7 Å². The molecular formula is C21H22ClN3O3. The van der Waals surface area contributed by atoms with E-state index in [0.29, 0.717) is 34.8 Å². The average molecular weight is 400 g/mol. The molecule has 1 aromatic heterocycles. The van der Waals surface area contributed by atoms with Crippen LogP contribution >= 0.6 is 11.6 Å². The number of ketones is 1. The molecule has 1 aliphatic heterocycles. The number of benzene rings is 1. The maximum atomic E-state index is 13.2. The molecule has 0 radical (unpaired) electrons. The maximum Gasteiger partial charge on any atom is 0.332 e. The lowest BCUT2D eigenvalue weighted by molar-refractivity contribution is -0.118. The van der Waals surface area contributed by atoms with E-state index in [2.05, 4.69) is 5.32 Å². The van der Waals surface area contributed by atoms with Gasteiger partial charge in [-0.2, -0.15) is 0 Å². The number of fused-ring (bicyclic) bond motifs is 1. The topological polar surface area (TPSA) is 73.1 Å². The number of halogens is 1. The molecule has 146 valence electrons. The van der Waals surface area contributed by atoms with Crippen LogP contribution in [-0.2, 0) is 18.9 Å². The van der Waals surface area contributed by atoms with Gasteiger partial charge in [0.1, 0.15) is 5.82 Å². The monoisotopic (exact) mass is 399 g/mol. The molecule has 2 aromatic rings. The highest BCUT2D eigenvalue weighted by Gasteiger charge is 2.42. The Balaban J connectivity index is 2.09. The summed E-state index contributed by atoms with van der Waals surface area (Å²) in [6.45, 7) is 4.09. The molecule has 28 heavy (non-hydrogen) atoms. The summed E-state index contributed by atoms with van der Waals surface area (Å²) >= 11 is 6.22. The predicted molar refractivity (Wildman–Crippen MR) is 109 cm³/mol. The Bertz CT molecular complexity index is 1170. The minimum Gasteiger partial charge on any atom is -0.344 e. The second-order valence-corrected chi connectivity index (χ2v) is 8.85. The van der Waals surface area contributed by atoms with Crippen molar-refractivity contribution in [1.29, 1.82) is 0 Å². The Hall–Kier alpha value is -2.60. The Labute approximate surface area is 167 Å². The van der Waals surface area contributed by atoms with E-state index in [1.165, 1.54) is 11.6 Å². The first kappa shape index (κ1) is 18.7. The number of nitrogens with zero attached hydrogens (tertiary/aromatic N) is 2. The standard InChI is InChI=1S/C21H22ClN3O3/c1-21(2)9-13-16(14(26)10-21)15(11-6-5-7-12(22)8-11)17-18(23-13)24(3)20(28)25(4)19(17)27/h5-8,15,23H,9-10H2,1-4H3. The zero-order valence-corrected chi connectivity index (χ0v) is 17.1. The summed E-state index contributed by atoms with van der Waals surface area (Å²) in [5.74, 6) is -0.0911. The zero-order valence-electron chi connectivity index (χ0n) is 16.3. The van der Waals surface area contributed by atoms with E-state index in [0.717, 1.165) is 15.8 Å². The molecule has 4 rings (SSSR count). The molecular weight excluding hydrogens is 378 g/mol. The van der Waals surface area contributed by atoms with E-state index in [9.17, 15) is 14.4 Å². The largest absolute Gasteiger partial charge is 0.344 e. The quantitative estimate of drug-likeness (QED) is 0.800. The van der Waals surface area contributed by atoms with Gasteiger partial charge < -0.3 is 5.32 Å². The molecule has 1 atom stereocenters. The third-order valence-corrected chi connectivity index (χ3v) is 5.88. The number of aromatic nitrogens is 2. The average Bonchev–Trinajstić information content (AvgIpc) is 2.62. The Kier molecular flexibility index (Phi) is 4.16. The molecule has 7 heteroatoms. The number of allylic oxidation sites excluding steroid dienone is 2. The Morgan fingerprint density at radius 2 is 1.82 bits per heavy atom. The van der Waals surface area contributed by atoms with Crippen LogP contribution in [0.15, 0.2) is 45.1 Å². The number of carbonyl (C=O) groups is 1. The van der Waals surface area contributed by atoms with E-state index in [1.54, 1.807) is 19.2 Å². The highest BCUT2D eigenvalue weighted by molar-refractivity contribution is 6.30. The normalized spacial score (nSPS) is 20.5. The third kappa shape index (κ3) is 2.75. The van der Waals surface area contributed by atoms with E-state index in [4.69, 9.17) is 11.6 Å². The van der Waals surface area contributed by atoms with Crippen molar-refractivity contribution >= 4 is 23.2 Å². The smallest absolute Gasteiger partial charge is 0.332 e. The number of hydrogen-bond acceptors (Lipinski definition) is 4. The number of hydrogen-bond donors (Lipinski definition) is 1. The van der Waals surface area contributed by atoms with Gasteiger partial charge in [0, 0.05) is 42.7 Å². The van der Waals surface area contributed by atoms with Gasteiger partial charge in [0.05, 0.1) is 5.56 Å². The second-order valence-electron chi connectivity index (χ2n) is 8.41. The van der Waals surface area contributed by atoms with Crippen LogP contribution in [0.25, 0.3) is 0 Å². The van der Waals surface area contributed by atoms with E-state index in [-0.39, 0.29) is 11.2 Å². The number of anilines is 1. The molecule has 0 spiro atoms. The summed E-state index contributed by atoms with van der Waals surface area (Å²) in [7, 11) is 3.08. The summed E-state index contributed by atoms with van der Waals surface area (Å²) in [6, 6.07) is 7.22. The Morgan fingerprint density at radius 3 is 2.50 bits per heavy atom. The molecule has 1 N–H and O–H groups in total. The zero-order chi connectivity index (χ0) is 20.4. The first-order valence-corrected chi connectivity index (χ1v) is 9.57. The van der Waals surface area contributed by atoms with Gasteiger partial charge in [0.15, 0.2) is 5.78 Å². The summed E-state index contributed by atoms with van der Waals surface area (Å²) in [6.07, 6.45) is 1.07. The van der Waals surface area contributed by atoms with E-state index >= 15 is 0 Å². The number of carbonyl (C=O) groups excluding carboxylic acids is 1. The molecule has 1 unspecified atom stereocenters. The van der Waals surface area contributed by atoms with E-state index < -0.39 is 17.2 Å². The molecule has 0 bridgehead atoms. The van der Waals surface area contributed by atoms with E-state index in [1.807, 2.05) is 26.0 Å². The van der Waals surface area contributed by atoms with Crippen LogP contribution < -0.4 is 16.6 Å². The van der Waals surface area contributed by atoms with Crippen molar-refractivity contribution in [3.63, 3.8) is 0 Å². The molecule has 2 aliphatic rings. The van der Waals surface area contributed by atoms with Gasteiger partial charge in [0.25, 0.3) is 5.56 Å². The molecule has 6 nitrogen and oxygen atoms in total. The SMILES string of the molecule is Cn1c2c(c(=O)n(C)c1=O)C(c1cccc(Cl)c1)C1=C(CC(C)(C)CC1=O)N2. The van der Waals surface area contributed by atoms with Crippen LogP contribution in [0.1, 0.15) is 43.7 Å². The van der Waals surface area contributed by atoms with Gasteiger partial charge in [-0.1, -0.05) is 37.6 Å². The van der Waals surface area contributed by atoms with Crippen LogP contribution in [0, 0.1) is 5.41 Å². The summed E-state index contributed by atoms with van der Waals surface area (Å²) < 4.78 is 2.52. The molecule has 1 aromatic carbocycles. The minimum atomic E-state index is -0.556. The number of nitrogens with one attached hydrogen (secondary N) is 1. The van der Waals surface area contributed by atoms with Crippen molar-refractivity contribution in [2.45, 2.75) is 32.6 Å². The van der Waals surface area contributed by atoms with Crippen molar-refractivity contribution in [3.05, 3.63) is 72.5 Å². The van der Waals surface area contributed by atoms with Crippen LogP contribution in [0.4, 0.5) is 5.82 Å². The van der Waals surface area contributed by atoms with Gasteiger partial charge in [0.2, 0.25) is 0 Å². The molecule has 0 saturated carbocycles. The van der Waals surface area contributed by atoms with Crippen molar-refractivity contribution in [2.24, 2.45) is 19.5 Å². The molecule has 0 amide bonds. The summed E-state index contributed by atoms with van der Waals surface area (Å²) in [4.78, 5) is 38.8. The Morgan fingerprint density at radius 1 is 1.11 bits per heavy atom. The van der Waals surface area contributed by atoms with Crippen LogP contribution in [0.2, 0.25) is 5.02 Å². The van der Waals surface area contributed by atoms with Crippen LogP contribution in [0.3, 0.4) is 0 Å². The lowest BCUT2D eigenvalue weighted by Gasteiger charge is -2.39. The van der Waals surface area contributed by atoms with Crippen LogP contribution in [0.5, 0.6) is 0 Å². The lowest BCUT2D eigenvalue weighted by atomic mass is 9.69. The van der Waals surface area contributed by atoms with Gasteiger partial charge >= 0.3 is 5.69 Å². The highest BCUT2D eigenvalue weighted by atomic mass is 35.5. The minimum absolute atomic E-state index is 0.0188. The fourth-order valence-corrected chi connectivity index (χ4v) is 4.57. The molecule has 0 saturated heterocycles. The summed E-state index contributed by atoms with van der Waals surface area (Å²) in [5, 5.41) is 3.78. The molecule has 2 heterocycles. The van der Waals surface area contributed by atoms with Crippen LogP contribution in [-0.4, -0.2) is 14.9 Å². The van der Waals surface area contributed by atoms with Gasteiger partial charge in [-0.05, 0) is 29.5 Å². The first-order chi connectivity index (χ1) is 13.1. The van der Waals surface area contributed by atoms with Crippen molar-refractivity contribution in [3.8, 4) is 0 Å². The van der Waals surface area contributed by atoms with Crippen molar-refractivity contribution in [2.75, 3.05) is 5.32 Å². The molecule has 0 fully saturated rings. The number of rotatable bonds is 1.